The summed E-state index contributed by atoms with van der Waals surface area (Å²) in [5.74, 6) is -0.849. The van der Waals surface area contributed by atoms with Gasteiger partial charge < -0.3 is 14.9 Å². The number of hydrogen-bond acceptors (Lipinski definition) is 25. The van der Waals surface area contributed by atoms with E-state index in [0.29, 0.717) is 50.5 Å². The van der Waals surface area contributed by atoms with Crippen molar-refractivity contribution in [2.24, 2.45) is 30.7 Å². The average molecular weight is 1260 g/mol. The number of nitriles is 2. The summed E-state index contributed by atoms with van der Waals surface area (Å²) in [4.78, 5) is 4.24. The molecule has 0 aliphatic carbocycles. The van der Waals surface area contributed by atoms with Gasteiger partial charge in [-0.05, 0) is 102 Å². The number of hydrogen-bond donors (Lipinski definition) is 5. The lowest BCUT2D eigenvalue weighted by Gasteiger charge is -2.12. The van der Waals surface area contributed by atoms with Crippen LogP contribution in [-0.2, 0) is 58.2 Å². The highest BCUT2D eigenvalue weighted by molar-refractivity contribution is 7.86. The molecule has 0 aliphatic heterocycles. The van der Waals surface area contributed by atoms with Gasteiger partial charge in [0.15, 0.2) is 16.3 Å². The molecule has 34 heteroatoms. The van der Waals surface area contributed by atoms with E-state index in [2.05, 4.69) is 47.8 Å². The first-order valence-electron chi connectivity index (χ1n) is 23.2. The van der Waals surface area contributed by atoms with Crippen molar-refractivity contribution in [1.29, 1.82) is 10.5 Å². The van der Waals surface area contributed by atoms with Crippen LogP contribution in [0.2, 0.25) is 0 Å². The number of aliphatic hydroxyl groups is 1. The van der Waals surface area contributed by atoms with Crippen molar-refractivity contribution < 1.29 is 79.1 Å². The molecule has 0 fully saturated rings. The van der Waals surface area contributed by atoms with Crippen LogP contribution in [0.25, 0.3) is 49.4 Å². The number of fused-ring (bicyclic) bond motifs is 5. The quantitative estimate of drug-likeness (QED) is 0.0384. The third-order valence-corrected chi connectivity index (χ3v) is 14.0. The smallest absolute Gasteiger partial charge is 0.425 e. The zero-order valence-corrected chi connectivity index (χ0v) is 48.1. The maximum absolute atomic E-state index is 12.2. The van der Waals surface area contributed by atoms with Gasteiger partial charge in [0.2, 0.25) is 5.88 Å². The second kappa shape index (κ2) is 27.3. The molecule has 6 aromatic carbocycles. The first-order chi connectivity index (χ1) is 39.5. The van der Waals surface area contributed by atoms with Crippen LogP contribution in [0.5, 0.6) is 11.6 Å². The molecule has 9 rings (SSSR count). The van der Waals surface area contributed by atoms with Gasteiger partial charge in [-0.1, -0.05) is 65.9 Å². The molecule has 0 saturated heterocycles. The Kier molecular flexibility index (Phi) is 20.8. The SMILES string of the molecule is CS(=O)(=O)O.Cc1cc(N=Nc2c(C)c(C#N)c3nc4ccccc4n3c2O)c(OCCCS(=O)(=O)O)cc1N=Nc1sc(N=Nc2ccc3cccc(S(=O)(=O)O)c3c2)c(-c2ccc3cc(CO)ccc3c2)c1C#N.O=S(=O)=O.O=S(=O)=O. The number of azo groups is 3. The molecule has 0 radical (unpaired) electrons. The molecule has 0 spiro atoms. The molecule has 3 heterocycles. The van der Waals surface area contributed by atoms with Gasteiger partial charge in [-0.15, -0.1) is 55.9 Å². The molecule has 0 amide bonds. The lowest BCUT2D eigenvalue weighted by atomic mass is 9.99. The first-order valence-corrected chi connectivity index (χ1v) is 30.9. The largest absolute Gasteiger partial charge is 0.493 e. The van der Waals surface area contributed by atoms with Crippen molar-refractivity contribution in [2.45, 2.75) is 31.8 Å². The number of pyridine rings is 1. The Labute approximate surface area is 483 Å². The van der Waals surface area contributed by atoms with Crippen LogP contribution in [0, 0.1) is 36.5 Å². The Balaban J connectivity index is 0.000000789. The van der Waals surface area contributed by atoms with Crippen molar-refractivity contribution >= 4 is 134 Å². The molecule has 434 valence electrons. The van der Waals surface area contributed by atoms with Crippen molar-refractivity contribution in [3.63, 3.8) is 0 Å². The summed E-state index contributed by atoms with van der Waals surface area (Å²) in [6, 6.07) is 34.6. The summed E-state index contributed by atoms with van der Waals surface area (Å²) in [5, 5.41) is 71.7. The van der Waals surface area contributed by atoms with Crippen LogP contribution >= 0.6 is 11.3 Å². The van der Waals surface area contributed by atoms with Crippen LogP contribution in [0.3, 0.4) is 0 Å². The predicted molar refractivity (Wildman–Crippen MR) is 303 cm³/mol. The van der Waals surface area contributed by atoms with Gasteiger partial charge in [0.25, 0.3) is 30.4 Å². The van der Waals surface area contributed by atoms with Gasteiger partial charge in [-0.25, -0.2) is 4.98 Å². The van der Waals surface area contributed by atoms with Crippen molar-refractivity contribution in [1.82, 2.24) is 9.38 Å². The van der Waals surface area contributed by atoms with Crippen molar-refractivity contribution in [3.8, 4) is 34.9 Å². The van der Waals surface area contributed by atoms with Crippen molar-refractivity contribution in [2.75, 3.05) is 18.6 Å². The second-order valence-corrected chi connectivity index (χ2v) is 23.4. The third kappa shape index (κ3) is 16.7. The maximum Gasteiger partial charge on any atom is 0.425 e. The number of imidazole rings is 1. The molecule has 0 aliphatic rings. The first kappa shape index (κ1) is 64.0. The molecule has 84 heavy (non-hydrogen) atoms. The zero-order valence-electron chi connectivity index (χ0n) is 43.2. The molecule has 0 bridgehead atoms. The topological polar surface area (TPSA) is 454 Å². The number of benzene rings is 6. The second-order valence-electron chi connectivity index (χ2n) is 17.1. The van der Waals surface area contributed by atoms with Gasteiger partial charge in [0.05, 0.1) is 47.6 Å². The van der Waals surface area contributed by atoms with E-state index < -0.39 is 57.3 Å². The third-order valence-electron chi connectivity index (χ3n) is 11.4. The lowest BCUT2D eigenvalue weighted by molar-refractivity contribution is 0.282. The highest BCUT2D eigenvalue weighted by atomic mass is 32.2. The molecule has 9 aromatic rings. The lowest BCUT2D eigenvalue weighted by Crippen LogP contribution is -2.08. The summed E-state index contributed by atoms with van der Waals surface area (Å²) in [5.41, 5.74) is 4.64. The summed E-state index contributed by atoms with van der Waals surface area (Å²) >= 11 is 1.00. The van der Waals surface area contributed by atoms with Gasteiger partial charge >= 0.3 is 21.2 Å². The summed E-state index contributed by atoms with van der Waals surface area (Å²) in [7, 11) is -18.8. The molecule has 0 atom stereocenters. The maximum atomic E-state index is 12.2. The van der Waals surface area contributed by atoms with Crippen LogP contribution < -0.4 is 4.74 Å². The predicted octanol–water partition coefficient (Wildman–Crippen LogP) is 9.73. The molecular formula is C50H40N10O18S6. The Hall–Kier alpha value is -9.20. The number of aryl methyl sites for hydroxylation is 1. The van der Waals surface area contributed by atoms with Crippen LogP contribution in [0.1, 0.15) is 34.2 Å². The van der Waals surface area contributed by atoms with Crippen LogP contribution in [0.15, 0.2) is 145 Å². The van der Waals surface area contributed by atoms with Gasteiger partial charge in [-0.3, -0.25) is 18.1 Å². The van der Waals surface area contributed by atoms with E-state index in [0.717, 1.165) is 22.1 Å². The minimum atomic E-state index is -4.58. The van der Waals surface area contributed by atoms with Crippen molar-refractivity contribution in [3.05, 3.63) is 137 Å². The molecule has 0 unspecified atom stereocenters. The Morgan fingerprint density at radius 3 is 1.95 bits per heavy atom. The van der Waals surface area contributed by atoms with Crippen LogP contribution in [-0.4, -0.2) is 102 Å². The number of rotatable bonds is 14. The Morgan fingerprint density at radius 2 is 1.31 bits per heavy atom. The fourth-order valence-electron chi connectivity index (χ4n) is 7.90. The van der Waals surface area contributed by atoms with Crippen LogP contribution in [0.4, 0.5) is 32.8 Å². The molecule has 0 saturated carbocycles. The highest BCUT2D eigenvalue weighted by Gasteiger charge is 2.24. The van der Waals surface area contributed by atoms with E-state index >= 15 is 0 Å². The molecule has 3 aromatic heterocycles. The van der Waals surface area contributed by atoms with E-state index in [1.54, 1.807) is 74.5 Å². The monoisotopic (exact) mass is 1260 g/mol. The van der Waals surface area contributed by atoms with Gasteiger partial charge in [-0.2, -0.15) is 35.8 Å². The summed E-state index contributed by atoms with van der Waals surface area (Å²) < 4.78 is 151. The van der Waals surface area contributed by atoms with E-state index in [9.17, 15) is 55.1 Å². The number of aromatic nitrogens is 2. The summed E-state index contributed by atoms with van der Waals surface area (Å²) in [6.45, 7) is 2.96. The van der Waals surface area contributed by atoms with Gasteiger partial charge in [0.1, 0.15) is 44.6 Å². The highest BCUT2D eigenvalue weighted by Crippen LogP contribution is 2.49. The number of para-hydroxylation sites is 2. The number of aliphatic hydroxyl groups excluding tert-OH is 1. The standard InChI is InChI=1S/C49H36N10O9S3.CH4O3S.2O3S/c1-27-19-40(55-56-45-28(2)36(24-50)46-52-38-8-3-4-9-41(38)59(46)49(45)61)42(68-17-6-18-70(62,63)64)23-39(27)54-57-47-37(25-51)44(33-14-13-31-20-29(26-60)11-12-32(31)21-33)48(69-47)58-53-34-16-15-30-7-5-10-43(35(30)22-34)71(65,66)67;1-5(2,3)4;2*1-4(2)3/h3-5,7-16,19-23,60-61H,6,17-18,26H2,1-2H3,(H,62,63,64)(H,65,66,67);1H3,(H,2,3,4);;. The van der Waals surface area contributed by atoms with E-state index in [4.69, 9.17) is 34.5 Å². The van der Waals surface area contributed by atoms with Gasteiger partial charge in [0, 0.05) is 22.6 Å². The molecule has 28 nitrogen and oxygen atoms in total. The fraction of sp³-hybridized carbons (Fsp3) is 0.140. The average Bonchev–Trinajstić information content (AvgIpc) is 2.53. The minimum absolute atomic E-state index is 0.0220. The number of aromatic hydroxyl groups is 1. The van der Waals surface area contributed by atoms with E-state index in [1.165, 1.54) is 28.7 Å². The normalized spacial score (nSPS) is 11.7. The van der Waals surface area contributed by atoms with E-state index in [1.807, 2.05) is 24.3 Å². The number of thiophene rings is 1. The zero-order chi connectivity index (χ0) is 61.8. The minimum Gasteiger partial charge on any atom is -0.493 e. The summed E-state index contributed by atoms with van der Waals surface area (Å²) in [6.07, 6.45) is 0.613. The molecular weight excluding hydrogens is 1220 g/mol. The Bertz CT molecular complexity index is 4820. The fourth-order valence-corrected chi connectivity index (χ4v) is 10.0. The Morgan fingerprint density at radius 1 is 0.690 bits per heavy atom. The van der Waals surface area contributed by atoms with E-state index in [-0.39, 0.29) is 91.1 Å². The molecule has 5 N–H and O–H groups in total. The number of ether oxygens (including phenoxy) is 1. The number of nitrogens with zero attached hydrogens (tertiary/aromatic N) is 10.